The highest BCUT2D eigenvalue weighted by molar-refractivity contribution is 6.24. The summed E-state index contributed by atoms with van der Waals surface area (Å²) >= 11 is 11.2. The van der Waals surface area contributed by atoms with Gasteiger partial charge in [-0.15, -0.1) is 23.2 Å². The van der Waals surface area contributed by atoms with Crippen LogP contribution in [-0.2, 0) is 4.79 Å². The second-order valence-corrected chi connectivity index (χ2v) is 4.27. The van der Waals surface area contributed by atoms with Gasteiger partial charge in [-0.05, 0) is 13.8 Å². The minimum Gasteiger partial charge on any atom is -0.300 e. The largest absolute Gasteiger partial charge is 0.300 e. The van der Waals surface area contributed by atoms with E-state index in [1.54, 1.807) is 0 Å². The smallest absolute Gasteiger partial charge is 0.135 e. The predicted octanol–water partition coefficient (Wildman–Crippen LogP) is 2.59. The molecule has 0 fully saturated rings. The van der Waals surface area contributed by atoms with E-state index in [0.717, 1.165) is 0 Å². The number of ketones is 1. The summed E-state index contributed by atoms with van der Waals surface area (Å²) in [6.07, 6.45) is 0.832. The molecule has 0 aliphatic rings. The first-order valence-corrected chi connectivity index (χ1v) is 4.13. The van der Waals surface area contributed by atoms with E-state index in [-0.39, 0.29) is 5.78 Å². The summed E-state index contributed by atoms with van der Waals surface area (Å²) < 4.78 is 0. The summed E-state index contributed by atoms with van der Waals surface area (Å²) in [6, 6.07) is 0. The standard InChI is InChI=1S/C7H12Cl2O/c1-7(2,9)5-6(10)3-4-8/h3-5H2,1-2H3. The van der Waals surface area contributed by atoms with Crippen molar-refractivity contribution in [2.24, 2.45) is 0 Å². The number of rotatable bonds is 4. The number of hydrogen-bond donors (Lipinski definition) is 0. The lowest BCUT2D eigenvalue weighted by atomic mass is 10.1. The molecule has 0 N–H and O–H groups in total. The van der Waals surface area contributed by atoms with Crippen molar-refractivity contribution in [3.05, 3.63) is 0 Å². The molecule has 0 rings (SSSR count). The Morgan fingerprint density at radius 2 is 2.00 bits per heavy atom. The van der Waals surface area contributed by atoms with Crippen LogP contribution in [0.2, 0.25) is 0 Å². The van der Waals surface area contributed by atoms with Crippen LogP contribution in [0.4, 0.5) is 0 Å². The van der Waals surface area contributed by atoms with E-state index >= 15 is 0 Å². The zero-order valence-electron chi connectivity index (χ0n) is 6.29. The lowest BCUT2D eigenvalue weighted by molar-refractivity contribution is -0.119. The maximum atomic E-state index is 10.9. The predicted molar refractivity (Wildman–Crippen MR) is 44.9 cm³/mol. The molecule has 0 atom stereocenters. The average Bonchev–Trinajstić information content (AvgIpc) is 1.59. The molecular weight excluding hydrogens is 171 g/mol. The first kappa shape index (κ1) is 10.2. The van der Waals surface area contributed by atoms with Crippen LogP contribution in [0.15, 0.2) is 0 Å². The van der Waals surface area contributed by atoms with Crippen LogP contribution >= 0.6 is 23.2 Å². The lowest BCUT2D eigenvalue weighted by Gasteiger charge is -2.12. The van der Waals surface area contributed by atoms with Gasteiger partial charge in [-0.25, -0.2) is 0 Å². The number of alkyl halides is 2. The van der Waals surface area contributed by atoms with Gasteiger partial charge in [0.1, 0.15) is 5.78 Å². The highest BCUT2D eigenvalue weighted by Crippen LogP contribution is 2.18. The van der Waals surface area contributed by atoms with Gasteiger partial charge in [0.25, 0.3) is 0 Å². The second-order valence-electron chi connectivity index (χ2n) is 2.87. The third-order valence-corrected chi connectivity index (χ3v) is 1.31. The number of Topliss-reactive ketones (excluding diaryl/α,β-unsaturated/α-hetero) is 1. The summed E-state index contributed by atoms with van der Waals surface area (Å²) in [5.74, 6) is 0.529. The van der Waals surface area contributed by atoms with Gasteiger partial charge >= 0.3 is 0 Å². The molecule has 0 saturated heterocycles. The van der Waals surface area contributed by atoms with Gasteiger partial charge < -0.3 is 0 Å². The fourth-order valence-corrected chi connectivity index (χ4v) is 1.02. The van der Waals surface area contributed by atoms with E-state index in [9.17, 15) is 4.79 Å². The van der Waals surface area contributed by atoms with Crippen molar-refractivity contribution in [1.82, 2.24) is 0 Å². The molecule has 0 bridgehead atoms. The fraction of sp³-hybridized carbons (Fsp3) is 0.857. The van der Waals surface area contributed by atoms with Gasteiger partial charge in [0.05, 0.1) is 0 Å². The van der Waals surface area contributed by atoms with E-state index in [4.69, 9.17) is 23.2 Å². The van der Waals surface area contributed by atoms with Crippen LogP contribution in [0, 0.1) is 0 Å². The summed E-state index contributed by atoms with van der Waals surface area (Å²) in [7, 11) is 0. The first-order chi connectivity index (χ1) is 4.45. The minimum atomic E-state index is -0.414. The van der Waals surface area contributed by atoms with Crippen LogP contribution in [0.3, 0.4) is 0 Å². The molecule has 0 aliphatic carbocycles. The Balaban J connectivity index is 3.58. The molecule has 0 saturated carbocycles. The quantitative estimate of drug-likeness (QED) is 0.612. The Labute approximate surface area is 71.7 Å². The number of carbonyl (C=O) groups excluding carboxylic acids is 1. The third-order valence-electron chi connectivity index (χ3n) is 0.991. The van der Waals surface area contributed by atoms with Crippen LogP contribution in [0.25, 0.3) is 0 Å². The minimum absolute atomic E-state index is 0.134. The van der Waals surface area contributed by atoms with Crippen molar-refractivity contribution < 1.29 is 4.79 Å². The highest BCUT2D eigenvalue weighted by Gasteiger charge is 2.17. The Morgan fingerprint density at radius 1 is 1.50 bits per heavy atom. The molecule has 1 nitrogen and oxygen atoms in total. The van der Waals surface area contributed by atoms with Crippen molar-refractivity contribution >= 4 is 29.0 Å². The first-order valence-electron chi connectivity index (χ1n) is 3.22. The molecule has 0 aromatic carbocycles. The zero-order valence-corrected chi connectivity index (χ0v) is 7.80. The molecule has 0 spiro atoms. The van der Waals surface area contributed by atoms with Crippen LogP contribution in [0.1, 0.15) is 26.7 Å². The number of hydrogen-bond acceptors (Lipinski definition) is 1. The molecule has 10 heavy (non-hydrogen) atoms. The molecule has 3 heteroatoms. The van der Waals surface area contributed by atoms with Crippen LogP contribution in [-0.4, -0.2) is 16.5 Å². The van der Waals surface area contributed by atoms with E-state index in [1.807, 2.05) is 13.8 Å². The van der Waals surface area contributed by atoms with E-state index in [1.165, 1.54) is 0 Å². The summed E-state index contributed by atoms with van der Waals surface area (Å²) in [6.45, 7) is 3.64. The van der Waals surface area contributed by atoms with Gasteiger partial charge in [-0.1, -0.05) is 0 Å². The van der Waals surface area contributed by atoms with Crippen LogP contribution < -0.4 is 0 Å². The van der Waals surface area contributed by atoms with Crippen molar-refractivity contribution in [3.63, 3.8) is 0 Å². The van der Waals surface area contributed by atoms with Gasteiger partial charge in [-0.3, -0.25) is 4.79 Å². The zero-order chi connectivity index (χ0) is 8.20. The normalized spacial score (nSPS) is 11.6. The van der Waals surface area contributed by atoms with E-state index < -0.39 is 4.87 Å². The average molecular weight is 183 g/mol. The van der Waals surface area contributed by atoms with Crippen molar-refractivity contribution in [1.29, 1.82) is 0 Å². The number of halogens is 2. The van der Waals surface area contributed by atoms with Crippen molar-refractivity contribution in [2.75, 3.05) is 5.88 Å². The Morgan fingerprint density at radius 3 is 2.30 bits per heavy atom. The molecular formula is C7H12Cl2O. The van der Waals surface area contributed by atoms with E-state index in [0.29, 0.717) is 18.7 Å². The molecule has 0 aliphatic heterocycles. The monoisotopic (exact) mass is 182 g/mol. The summed E-state index contributed by atoms with van der Waals surface area (Å²) in [4.78, 5) is 10.5. The summed E-state index contributed by atoms with van der Waals surface area (Å²) in [5.41, 5.74) is 0. The van der Waals surface area contributed by atoms with Gasteiger partial charge in [0.15, 0.2) is 0 Å². The SMILES string of the molecule is CC(C)(Cl)CC(=O)CCCl. The lowest BCUT2D eigenvalue weighted by Crippen LogP contribution is -2.16. The molecule has 0 radical (unpaired) electrons. The highest BCUT2D eigenvalue weighted by atomic mass is 35.5. The maximum Gasteiger partial charge on any atom is 0.135 e. The molecule has 0 aromatic heterocycles. The van der Waals surface area contributed by atoms with Gasteiger partial charge in [0.2, 0.25) is 0 Å². The van der Waals surface area contributed by atoms with Crippen molar-refractivity contribution in [3.8, 4) is 0 Å². The molecule has 60 valence electrons. The fourth-order valence-electron chi connectivity index (χ4n) is 0.663. The Hall–Kier alpha value is 0.250. The molecule has 0 heterocycles. The molecule has 0 amide bonds. The Bertz CT molecular complexity index is 115. The van der Waals surface area contributed by atoms with Gasteiger partial charge in [-0.2, -0.15) is 0 Å². The van der Waals surface area contributed by atoms with E-state index in [2.05, 4.69) is 0 Å². The second kappa shape index (κ2) is 4.20. The summed E-state index contributed by atoms with van der Waals surface area (Å²) in [5, 5.41) is 0. The maximum absolute atomic E-state index is 10.9. The topological polar surface area (TPSA) is 17.1 Å². The third kappa shape index (κ3) is 6.37. The van der Waals surface area contributed by atoms with Crippen molar-refractivity contribution in [2.45, 2.75) is 31.6 Å². The number of carbonyl (C=O) groups is 1. The Kier molecular flexibility index (Phi) is 4.30. The van der Waals surface area contributed by atoms with Crippen LogP contribution in [0.5, 0.6) is 0 Å². The molecule has 0 aromatic rings. The molecule has 0 unspecified atom stereocenters. The van der Waals surface area contributed by atoms with Gasteiger partial charge in [0, 0.05) is 23.6 Å².